The van der Waals surface area contributed by atoms with Crippen molar-refractivity contribution < 1.29 is 4.79 Å². The Morgan fingerprint density at radius 3 is 2.63 bits per heavy atom. The van der Waals surface area contributed by atoms with Crippen molar-refractivity contribution in [2.24, 2.45) is 7.05 Å². The molecule has 0 fully saturated rings. The molecule has 0 unspecified atom stereocenters. The predicted octanol–water partition coefficient (Wildman–Crippen LogP) is 1.96. The molecular formula is C15H16N2O2. The zero-order chi connectivity index (χ0) is 13.7. The number of anilines is 1. The van der Waals surface area contributed by atoms with Crippen molar-refractivity contribution in [1.29, 1.82) is 0 Å². The van der Waals surface area contributed by atoms with E-state index in [0.717, 1.165) is 5.56 Å². The topological polar surface area (TPSA) is 51.1 Å². The molecule has 2 rings (SSSR count). The molecule has 4 nitrogen and oxygen atoms in total. The molecule has 98 valence electrons. The number of nitrogens with zero attached hydrogens (tertiary/aromatic N) is 1. The molecule has 1 aromatic heterocycles. The van der Waals surface area contributed by atoms with Crippen LogP contribution in [0.4, 0.5) is 5.69 Å². The number of aromatic nitrogens is 1. The summed E-state index contributed by atoms with van der Waals surface area (Å²) in [6.45, 7) is 0. The average Bonchev–Trinajstić information content (AvgIpc) is 2.42. The van der Waals surface area contributed by atoms with Crippen LogP contribution in [0, 0.1) is 0 Å². The van der Waals surface area contributed by atoms with Crippen molar-refractivity contribution in [1.82, 2.24) is 4.57 Å². The van der Waals surface area contributed by atoms with Gasteiger partial charge in [0.1, 0.15) is 0 Å². The van der Waals surface area contributed by atoms with Crippen LogP contribution in [0.5, 0.6) is 0 Å². The van der Waals surface area contributed by atoms with E-state index in [1.165, 1.54) is 10.6 Å². The third-order valence-corrected chi connectivity index (χ3v) is 2.87. The summed E-state index contributed by atoms with van der Waals surface area (Å²) in [4.78, 5) is 23.2. The maximum absolute atomic E-state index is 11.8. The molecule has 0 spiro atoms. The Hall–Kier alpha value is -2.36. The van der Waals surface area contributed by atoms with Crippen molar-refractivity contribution in [2.45, 2.75) is 12.8 Å². The molecule has 19 heavy (non-hydrogen) atoms. The van der Waals surface area contributed by atoms with Gasteiger partial charge in [-0.1, -0.05) is 30.3 Å². The lowest BCUT2D eigenvalue weighted by Gasteiger charge is -2.05. The monoisotopic (exact) mass is 256 g/mol. The fraction of sp³-hybridized carbons (Fsp3) is 0.200. The number of aryl methyl sites for hydroxylation is 2. The maximum Gasteiger partial charge on any atom is 0.252 e. The van der Waals surface area contributed by atoms with E-state index < -0.39 is 0 Å². The van der Waals surface area contributed by atoms with Gasteiger partial charge in [-0.2, -0.15) is 0 Å². The van der Waals surface area contributed by atoms with Gasteiger partial charge in [0.25, 0.3) is 5.56 Å². The molecule has 0 aliphatic rings. The highest BCUT2D eigenvalue weighted by molar-refractivity contribution is 5.90. The Morgan fingerprint density at radius 2 is 1.95 bits per heavy atom. The van der Waals surface area contributed by atoms with Crippen molar-refractivity contribution >= 4 is 11.6 Å². The summed E-state index contributed by atoms with van der Waals surface area (Å²) in [5.74, 6) is -0.0860. The Bertz CT molecular complexity index is 618. The van der Waals surface area contributed by atoms with Crippen LogP contribution in [0.3, 0.4) is 0 Å². The van der Waals surface area contributed by atoms with E-state index in [9.17, 15) is 9.59 Å². The largest absolute Gasteiger partial charge is 0.326 e. The number of nitrogens with one attached hydrogen (secondary N) is 1. The Balaban J connectivity index is 1.91. The van der Waals surface area contributed by atoms with Gasteiger partial charge in [-0.3, -0.25) is 9.59 Å². The van der Waals surface area contributed by atoms with Crippen molar-refractivity contribution in [3.63, 3.8) is 0 Å². The first kappa shape index (κ1) is 13.1. The van der Waals surface area contributed by atoms with Gasteiger partial charge in [-0.25, -0.2) is 0 Å². The molecule has 4 heteroatoms. The standard InChI is InChI=1S/C15H16N2O2/c1-17-10-9-13(11-15(17)19)16-14(18)8-7-12-5-3-2-4-6-12/h2-6,9-11H,7-8H2,1H3,(H,16,18). The molecule has 2 aromatic rings. The summed E-state index contributed by atoms with van der Waals surface area (Å²) < 4.78 is 1.46. The summed E-state index contributed by atoms with van der Waals surface area (Å²) in [5, 5.41) is 2.73. The zero-order valence-corrected chi connectivity index (χ0v) is 10.8. The van der Waals surface area contributed by atoms with Crippen LogP contribution in [0.25, 0.3) is 0 Å². The molecule has 0 atom stereocenters. The number of carbonyl (C=O) groups excluding carboxylic acids is 1. The van der Waals surface area contributed by atoms with Crippen LogP contribution < -0.4 is 10.9 Å². The van der Waals surface area contributed by atoms with E-state index in [2.05, 4.69) is 5.32 Å². The second-order valence-corrected chi connectivity index (χ2v) is 4.40. The van der Waals surface area contributed by atoms with Gasteiger partial charge in [-0.15, -0.1) is 0 Å². The van der Waals surface area contributed by atoms with Crippen LogP contribution in [0.2, 0.25) is 0 Å². The van der Waals surface area contributed by atoms with Crippen molar-refractivity contribution in [3.8, 4) is 0 Å². The van der Waals surface area contributed by atoms with Crippen LogP contribution in [-0.4, -0.2) is 10.5 Å². The van der Waals surface area contributed by atoms with Crippen LogP contribution >= 0.6 is 0 Å². The zero-order valence-electron chi connectivity index (χ0n) is 10.8. The molecule has 0 aliphatic heterocycles. The van der Waals surface area contributed by atoms with E-state index in [1.807, 2.05) is 30.3 Å². The summed E-state index contributed by atoms with van der Waals surface area (Å²) in [6.07, 6.45) is 2.73. The minimum Gasteiger partial charge on any atom is -0.326 e. The number of amides is 1. The summed E-state index contributed by atoms with van der Waals surface area (Å²) >= 11 is 0. The van der Waals surface area contributed by atoms with E-state index in [4.69, 9.17) is 0 Å². The highest BCUT2D eigenvalue weighted by Crippen LogP contribution is 2.06. The fourth-order valence-electron chi connectivity index (χ4n) is 1.75. The van der Waals surface area contributed by atoms with E-state index in [-0.39, 0.29) is 11.5 Å². The van der Waals surface area contributed by atoms with Gasteiger partial charge in [0.2, 0.25) is 5.91 Å². The Morgan fingerprint density at radius 1 is 1.21 bits per heavy atom. The van der Waals surface area contributed by atoms with Gasteiger partial charge in [-0.05, 0) is 18.1 Å². The number of carbonyl (C=O) groups is 1. The Labute approximate surface area is 111 Å². The highest BCUT2D eigenvalue weighted by atomic mass is 16.1. The second-order valence-electron chi connectivity index (χ2n) is 4.40. The van der Waals surface area contributed by atoms with Gasteiger partial charge in [0.05, 0.1) is 0 Å². The lowest BCUT2D eigenvalue weighted by Crippen LogP contribution is -2.18. The average molecular weight is 256 g/mol. The van der Waals surface area contributed by atoms with Crippen molar-refractivity contribution in [3.05, 3.63) is 64.6 Å². The summed E-state index contributed by atoms with van der Waals surface area (Å²) in [5.41, 5.74) is 1.53. The molecule has 0 saturated carbocycles. The molecule has 0 radical (unpaired) electrons. The van der Waals surface area contributed by atoms with Gasteiger partial charge in [0.15, 0.2) is 0 Å². The molecule has 0 aliphatic carbocycles. The third kappa shape index (κ3) is 3.81. The van der Waals surface area contributed by atoms with Crippen LogP contribution in [0.1, 0.15) is 12.0 Å². The lowest BCUT2D eigenvalue weighted by molar-refractivity contribution is -0.116. The number of pyridine rings is 1. The normalized spacial score (nSPS) is 10.2. The molecule has 1 N–H and O–H groups in total. The molecule has 1 aromatic carbocycles. The third-order valence-electron chi connectivity index (χ3n) is 2.87. The minimum atomic E-state index is -0.138. The first-order valence-corrected chi connectivity index (χ1v) is 6.15. The fourth-order valence-corrected chi connectivity index (χ4v) is 1.75. The SMILES string of the molecule is Cn1ccc(NC(=O)CCc2ccccc2)cc1=O. The smallest absolute Gasteiger partial charge is 0.252 e. The van der Waals surface area contributed by atoms with E-state index >= 15 is 0 Å². The second kappa shape index (κ2) is 6.00. The number of hydrogen-bond acceptors (Lipinski definition) is 2. The molecule has 1 amide bonds. The lowest BCUT2D eigenvalue weighted by atomic mass is 10.1. The van der Waals surface area contributed by atoms with Gasteiger partial charge >= 0.3 is 0 Å². The minimum absolute atomic E-state index is 0.0860. The molecule has 0 saturated heterocycles. The number of benzene rings is 1. The number of rotatable bonds is 4. The van der Waals surface area contributed by atoms with E-state index in [0.29, 0.717) is 18.5 Å². The Kier molecular flexibility index (Phi) is 4.13. The molecule has 1 heterocycles. The van der Waals surface area contributed by atoms with Gasteiger partial charge in [0, 0.05) is 31.4 Å². The van der Waals surface area contributed by atoms with Crippen LogP contribution in [-0.2, 0) is 18.3 Å². The van der Waals surface area contributed by atoms with Crippen LogP contribution in [0.15, 0.2) is 53.5 Å². The first-order chi connectivity index (χ1) is 9.15. The number of hydrogen-bond donors (Lipinski definition) is 1. The van der Waals surface area contributed by atoms with E-state index in [1.54, 1.807) is 19.3 Å². The van der Waals surface area contributed by atoms with Crippen molar-refractivity contribution in [2.75, 3.05) is 5.32 Å². The predicted molar refractivity (Wildman–Crippen MR) is 75.1 cm³/mol. The summed E-state index contributed by atoms with van der Waals surface area (Å²) in [7, 11) is 1.67. The summed E-state index contributed by atoms with van der Waals surface area (Å²) in [6, 6.07) is 13.0. The molecule has 0 bridgehead atoms. The van der Waals surface area contributed by atoms with Gasteiger partial charge < -0.3 is 9.88 Å². The first-order valence-electron chi connectivity index (χ1n) is 6.15. The maximum atomic E-state index is 11.8. The quantitative estimate of drug-likeness (QED) is 0.909. The highest BCUT2D eigenvalue weighted by Gasteiger charge is 2.03. The molecular weight excluding hydrogens is 240 g/mol.